The van der Waals surface area contributed by atoms with E-state index in [0.717, 1.165) is 5.56 Å². The number of urea groups is 1. The van der Waals surface area contributed by atoms with Gasteiger partial charge in [0.15, 0.2) is 11.5 Å². The number of hydrogen-bond donors (Lipinski definition) is 1. The highest BCUT2D eigenvalue weighted by atomic mass is 16.5. The van der Waals surface area contributed by atoms with Crippen molar-refractivity contribution >= 4 is 17.6 Å². The van der Waals surface area contributed by atoms with Gasteiger partial charge in [-0.2, -0.15) is 0 Å². The first-order valence-electron chi connectivity index (χ1n) is 12.2. The van der Waals surface area contributed by atoms with Crippen LogP contribution in [0.2, 0.25) is 0 Å². The molecule has 0 saturated heterocycles. The first-order valence-corrected chi connectivity index (χ1v) is 12.2. The first kappa shape index (κ1) is 28.4. The Balaban J connectivity index is 1.73. The third kappa shape index (κ3) is 8.17. The number of carbonyl (C=O) groups excluding carboxylic acids is 2. The Labute approximate surface area is 223 Å². The molecule has 0 atom stereocenters. The molecule has 204 valence electrons. The number of furan rings is 1. The Hall–Kier alpha value is -4.18. The predicted octanol–water partition coefficient (Wildman–Crippen LogP) is 4.06. The number of carbonyl (C=O) groups is 2. The molecule has 3 aromatic rings. The average molecular weight is 526 g/mol. The third-order valence-electron chi connectivity index (χ3n) is 5.90. The quantitative estimate of drug-likeness (QED) is 0.339. The van der Waals surface area contributed by atoms with Gasteiger partial charge in [-0.1, -0.05) is 12.1 Å². The molecule has 10 heteroatoms. The van der Waals surface area contributed by atoms with Crippen LogP contribution in [0.1, 0.15) is 11.3 Å². The second-order valence-corrected chi connectivity index (χ2v) is 8.41. The van der Waals surface area contributed by atoms with Crippen LogP contribution in [0.3, 0.4) is 0 Å². The van der Waals surface area contributed by atoms with E-state index >= 15 is 0 Å². The van der Waals surface area contributed by atoms with Crippen molar-refractivity contribution in [1.29, 1.82) is 0 Å². The molecule has 10 nitrogen and oxygen atoms in total. The van der Waals surface area contributed by atoms with Crippen LogP contribution in [0, 0.1) is 0 Å². The van der Waals surface area contributed by atoms with Crippen molar-refractivity contribution in [2.45, 2.75) is 13.0 Å². The topological polar surface area (TPSA) is 103 Å². The molecule has 2 aromatic carbocycles. The summed E-state index contributed by atoms with van der Waals surface area (Å²) in [5, 5.41) is 2.83. The van der Waals surface area contributed by atoms with Gasteiger partial charge in [0, 0.05) is 32.0 Å². The zero-order chi connectivity index (χ0) is 27.3. The average Bonchev–Trinajstić information content (AvgIpc) is 3.46. The Bertz CT molecular complexity index is 1170. The molecule has 0 radical (unpaired) electrons. The van der Waals surface area contributed by atoms with E-state index in [1.807, 2.05) is 24.3 Å². The maximum atomic E-state index is 13.5. The monoisotopic (exact) mass is 525 g/mol. The normalized spacial score (nSPS) is 10.5. The van der Waals surface area contributed by atoms with Gasteiger partial charge in [0.05, 0.1) is 40.7 Å². The number of rotatable bonds is 14. The van der Waals surface area contributed by atoms with Crippen LogP contribution >= 0.6 is 0 Å². The van der Waals surface area contributed by atoms with Crippen molar-refractivity contribution in [3.8, 4) is 17.2 Å². The summed E-state index contributed by atoms with van der Waals surface area (Å²) in [5.41, 5.74) is 1.54. The van der Waals surface area contributed by atoms with Crippen molar-refractivity contribution < 1.29 is 33.0 Å². The van der Waals surface area contributed by atoms with Crippen molar-refractivity contribution in [1.82, 2.24) is 9.80 Å². The fraction of sp³-hybridized carbons (Fsp3) is 0.357. The van der Waals surface area contributed by atoms with Gasteiger partial charge >= 0.3 is 6.03 Å². The van der Waals surface area contributed by atoms with Gasteiger partial charge in [0.1, 0.15) is 18.1 Å². The molecule has 0 unspecified atom stereocenters. The lowest BCUT2D eigenvalue weighted by molar-refractivity contribution is -0.132. The van der Waals surface area contributed by atoms with Crippen LogP contribution in [-0.4, -0.2) is 76.4 Å². The van der Waals surface area contributed by atoms with Crippen molar-refractivity contribution in [3.05, 3.63) is 72.2 Å². The highest BCUT2D eigenvalue weighted by Crippen LogP contribution is 2.28. The summed E-state index contributed by atoms with van der Waals surface area (Å²) in [6.07, 6.45) is 2.14. The molecular formula is C28H35N3O7. The van der Waals surface area contributed by atoms with E-state index in [1.54, 1.807) is 69.9 Å². The standard InChI is InChI=1S/C28H35N3O7/c1-34-16-14-31(28(33)29-22-7-5-8-23(18-22)35-2)20-27(32)30(19-24-9-6-15-38-24)13-12-21-10-11-25(36-3)26(17-21)37-4/h5-11,15,17-18H,12-14,16,19-20H2,1-4H3,(H,29,33). The van der Waals surface area contributed by atoms with Crippen molar-refractivity contribution in [2.75, 3.05) is 60.0 Å². The maximum absolute atomic E-state index is 13.5. The van der Waals surface area contributed by atoms with E-state index in [4.69, 9.17) is 23.4 Å². The lowest BCUT2D eigenvalue weighted by atomic mass is 10.1. The zero-order valence-electron chi connectivity index (χ0n) is 22.3. The summed E-state index contributed by atoms with van der Waals surface area (Å²) >= 11 is 0. The number of nitrogens with zero attached hydrogens (tertiary/aromatic N) is 2. The molecule has 3 rings (SSSR count). The highest BCUT2D eigenvalue weighted by molar-refractivity contribution is 5.92. The Kier molecular flexibility index (Phi) is 10.9. The number of amides is 3. The molecule has 3 amide bonds. The minimum atomic E-state index is -0.415. The summed E-state index contributed by atoms with van der Waals surface area (Å²) in [6.45, 7) is 1.07. The number of benzene rings is 2. The van der Waals surface area contributed by atoms with Gasteiger partial charge in [0.25, 0.3) is 0 Å². The van der Waals surface area contributed by atoms with Gasteiger partial charge in [0.2, 0.25) is 5.91 Å². The first-order chi connectivity index (χ1) is 18.5. The van der Waals surface area contributed by atoms with Gasteiger partial charge < -0.3 is 38.5 Å². The SMILES string of the molecule is COCCN(CC(=O)N(CCc1ccc(OC)c(OC)c1)Cc1ccco1)C(=O)Nc1cccc(OC)c1. The van der Waals surface area contributed by atoms with Gasteiger partial charge in [-0.3, -0.25) is 4.79 Å². The van der Waals surface area contributed by atoms with Crippen LogP contribution in [-0.2, 0) is 22.5 Å². The largest absolute Gasteiger partial charge is 0.497 e. The van der Waals surface area contributed by atoms with E-state index < -0.39 is 6.03 Å². The maximum Gasteiger partial charge on any atom is 0.322 e. The summed E-state index contributed by atoms with van der Waals surface area (Å²) in [4.78, 5) is 29.7. The van der Waals surface area contributed by atoms with Gasteiger partial charge in [-0.05, 0) is 48.4 Å². The molecule has 1 aromatic heterocycles. The number of anilines is 1. The Morgan fingerprint density at radius 1 is 0.868 bits per heavy atom. The second kappa shape index (κ2) is 14.5. The van der Waals surface area contributed by atoms with Crippen molar-refractivity contribution in [2.24, 2.45) is 0 Å². The van der Waals surface area contributed by atoms with Crippen LogP contribution in [0.4, 0.5) is 10.5 Å². The third-order valence-corrected chi connectivity index (χ3v) is 5.90. The molecule has 38 heavy (non-hydrogen) atoms. The molecule has 0 fully saturated rings. The highest BCUT2D eigenvalue weighted by Gasteiger charge is 2.22. The van der Waals surface area contributed by atoms with E-state index in [2.05, 4.69) is 5.32 Å². The lowest BCUT2D eigenvalue weighted by Crippen LogP contribution is -2.46. The number of ether oxygens (including phenoxy) is 4. The molecule has 0 aliphatic carbocycles. The smallest absolute Gasteiger partial charge is 0.322 e. The van der Waals surface area contributed by atoms with Crippen molar-refractivity contribution in [3.63, 3.8) is 0 Å². The molecule has 0 aliphatic rings. The lowest BCUT2D eigenvalue weighted by Gasteiger charge is -2.27. The zero-order valence-corrected chi connectivity index (χ0v) is 22.3. The van der Waals surface area contributed by atoms with Crippen LogP contribution in [0.25, 0.3) is 0 Å². The minimum Gasteiger partial charge on any atom is -0.497 e. The molecular weight excluding hydrogens is 490 g/mol. The fourth-order valence-corrected chi connectivity index (χ4v) is 3.80. The van der Waals surface area contributed by atoms with Crippen LogP contribution in [0.15, 0.2) is 65.3 Å². The second-order valence-electron chi connectivity index (χ2n) is 8.41. The Morgan fingerprint density at radius 3 is 2.37 bits per heavy atom. The van der Waals surface area contributed by atoms with Crippen LogP contribution < -0.4 is 19.5 Å². The number of hydrogen-bond acceptors (Lipinski definition) is 7. The predicted molar refractivity (Wildman–Crippen MR) is 143 cm³/mol. The fourth-order valence-electron chi connectivity index (χ4n) is 3.80. The molecule has 0 spiro atoms. The number of nitrogens with one attached hydrogen (secondary N) is 1. The minimum absolute atomic E-state index is 0.133. The van der Waals surface area contributed by atoms with Gasteiger partial charge in [-0.25, -0.2) is 4.79 Å². The molecule has 0 saturated carbocycles. The van der Waals surface area contributed by atoms with E-state index in [0.29, 0.717) is 41.7 Å². The Morgan fingerprint density at radius 2 is 1.68 bits per heavy atom. The molecule has 0 bridgehead atoms. The van der Waals surface area contributed by atoms with E-state index in [-0.39, 0.29) is 32.1 Å². The van der Waals surface area contributed by atoms with E-state index in [1.165, 1.54) is 4.90 Å². The number of methoxy groups -OCH3 is 4. The molecule has 0 aliphatic heterocycles. The van der Waals surface area contributed by atoms with E-state index in [9.17, 15) is 9.59 Å². The summed E-state index contributed by atoms with van der Waals surface area (Å²) in [5.74, 6) is 2.29. The van der Waals surface area contributed by atoms with Crippen LogP contribution in [0.5, 0.6) is 17.2 Å². The van der Waals surface area contributed by atoms with Gasteiger partial charge in [-0.15, -0.1) is 0 Å². The summed E-state index contributed by atoms with van der Waals surface area (Å²) < 4.78 is 26.6. The molecule has 1 heterocycles. The summed E-state index contributed by atoms with van der Waals surface area (Å²) in [7, 11) is 6.27. The summed E-state index contributed by atoms with van der Waals surface area (Å²) in [6, 6.07) is 15.9. The molecule has 1 N–H and O–H groups in total.